The summed E-state index contributed by atoms with van der Waals surface area (Å²) < 4.78 is 18.9. The van der Waals surface area contributed by atoms with E-state index in [1.54, 1.807) is 31.7 Å². The molecule has 1 saturated heterocycles. The first-order valence-corrected chi connectivity index (χ1v) is 10.8. The van der Waals surface area contributed by atoms with Crippen molar-refractivity contribution in [1.29, 1.82) is 5.26 Å². The molecule has 0 saturated carbocycles. The highest BCUT2D eigenvalue weighted by molar-refractivity contribution is 6.03. The van der Waals surface area contributed by atoms with Crippen LogP contribution in [0, 0.1) is 17.3 Å². The summed E-state index contributed by atoms with van der Waals surface area (Å²) in [5.41, 5.74) is 5.02. The molecule has 0 radical (unpaired) electrons. The summed E-state index contributed by atoms with van der Waals surface area (Å²) in [6.45, 7) is 6.16. The van der Waals surface area contributed by atoms with E-state index in [4.69, 9.17) is 10.5 Å². The number of hydrogen-bond acceptors (Lipinski definition) is 7. The number of carbonyl (C=O) groups excluding carboxylic acids is 1. The Morgan fingerprint density at radius 3 is 2.74 bits per heavy atom. The number of nitrogens with zero attached hydrogens (tertiary/aromatic N) is 4. The van der Waals surface area contributed by atoms with Crippen molar-refractivity contribution < 1.29 is 13.9 Å². The SMILES string of the molecule is CC(C)(C)OC(=O)N1CCC(CC#N)(Nc2cc[nH]c(=O)c2C(N)=Nc2ccnc(F)c2)CC1. The summed E-state index contributed by atoms with van der Waals surface area (Å²) in [4.78, 5) is 36.9. The largest absolute Gasteiger partial charge is 0.444 e. The first-order valence-electron chi connectivity index (χ1n) is 10.8. The summed E-state index contributed by atoms with van der Waals surface area (Å²) >= 11 is 0. The van der Waals surface area contributed by atoms with Crippen molar-refractivity contribution in [2.24, 2.45) is 10.7 Å². The fourth-order valence-corrected chi connectivity index (χ4v) is 3.72. The molecule has 1 amide bonds. The van der Waals surface area contributed by atoms with Gasteiger partial charge in [-0.2, -0.15) is 9.65 Å². The summed E-state index contributed by atoms with van der Waals surface area (Å²) in [5.74, 6) is -0.840. The van der Waals surface area contributed by atoms with Crippen LogP contribution in [0.15, 0.2) is 40.4 Å². The topological polar surface area (TPSA) is 149 Å². The number of nitriles is 1. The number of aromatic amines is 1. The molecule has 0 bridgehead atoms. The number of carbonyl (C=O) groups is 1. The standard InChI is InChI=1S/C23H28FN7O3/c1-22(2,3)34-21(33)31-12-7-23(6-9-25,8-13-31)30-16-5-11-28-20(32)18(16)19(26)29-15-4-10-27-17(24)14-15/h4-5,10-11,14H,6-8,12-13H2,1-3H3,(H2,26,27,29)(H2,28,30,32). The van der Waals surface area contributed by atoms with Crippen molar-refractivity contribution in [2.45, 2.75) is 51.2 Å². The molecule has 0 unspecified atom stereocenters. The summed E-state index contributed by atoms with van der Waals surface area (Å²) in [6, 6.07) is 6.39. The van der Waals surface area contributed by atoms with E-state index in [-0.39, 0.29) is 23.5 Å². The van der Waals surface area contributed by atoms with E-state index in [2.05, 4.69) is 26.3 Å². The number of halogens is 1. The number of amides is 1. The number of nitrogens with two attached hydrogens (primary N) is 1. The van der Waals surface area contributed by atoms with Crippen LogP contribution in [0.5, 0.6) is 0 Å². The first kappa shape index (κ1) is 24.7. The lowest BCUT2D eigenvalue weighted by Crippen LogP contribution is -2.52. The second kappa shape index (κ2) is 9.91. The van der Waals surface area contributed by atoms with Crippen LogP contribution in [-0.2, 0) is 4.74 Å². The Balaban J connectivity index is 1.86. The summed E-state index contributed by atoms with van der Waals surface area (Å²) in [7, 11) is 0. The average Bonchev–Trinajstić information content (AvgIpc) is 2.73. The van der Waals surface area contributed by atoms with Gasteiger partial charge in [-0.25, -0.2) is 14.8 Å². The number of nitrogens with one attached hydrogen (secondary N) is 2. The highest BCUT2D eigenvalue weighted by Gasteiger charge is 2.38. The predicted molar refractivity (Wildman–Crippen MR) is 125 cm³/mol. The van der Waals surface area contributed by atoms with Gasteiger partial charge in [-0.15, -0.1) is 0 Å². The van der Waals surface area contributed by atoms with E-state index < -0.39 is 28.7 Å². The number of pyridine rings is 2. The highest BCUT2D eigenvalue weighted by atomic mass is 19.1. The van der Waals surface area contributed by atoms with Crippen LogP contribution in [0.4, 0.5) is 20.6 Å². The lowest BCUT2D eigenvalue weighted by atomic mass is 9.84. The Morgan fingerprint density at radius 1 is 1.41 bits per heavy atom. The lowest BCUT2D eigenvalue weighted by Gasteiger charge is -2.42. The molecule has 4 N–H and O–H groups in total. The van der Waals surface area contributed by atoms with Crippen molar-refractivity contribution in [2.75, 3.05) is 18.4 Å². The van der Waals surface area contributed by atoms with Crippen LogP contribution in [0.2, 0.25) is 0 Å². The number of likely N-dealkylation sites (tertiary alicyclic amines) is 1. The van der Waals surface area contributed by atoms with Gasteiger partial charge in [0.15, 0.2) is 0 Å². The molecule has 3 heterocycles. The van der Waals surface area contributed by atoms with Gasteiger partial charge >= 0.3 is 6.09 Å². The van der Waals surface area contributed by atoms with E-state index in [1.807, 2.05) is 0 Å². The monoisotopic (exact) mass is 469 g/mol. The molecule has 1 aliphatic heterocycles. The summed E-state index contributed by atoms with van der Waals surface area (Å²) in [5, 5.41) is 12.8. The maximum atomic E-state index is 13.4. The number of amidine groups is 1. The fraction of sp³-hybridized carbons (Fsp3) is 0.435. The van der Waals surface area contributed by atoms with Crippen LogP contribution in [0.25, 0.3) is 0 Å². The van der Waals surface area contributed by atoms with Crippen LogP contribution < -0.4 is 16.6 Å². The van der Waals surface area contributed by atoms with E-state index >= 15 is 0 Å². The normalized spacial score (nSPS) is 16.0. The van der Waals surface area contributed by atoms with Gasteiger partial charge in [-0.05, 0) is 45.7 Å². The van der Waals surface area contributed by atoms with E-state index in [0.29, 0.717) is 31.6 Å². The number of hydrogen-bond donors (Lipinski definition) is 3. The van der Waals surface area contributed by atoms with Gasteiger partial charge in [-0.1, -0.05) is 0 Å². The highest BCUT2D eigenvalue weighted by Crippen LogP contribution is 2.31. The number of anilines is 1. The van der Waals surface area contributed by atoms with E-state index in [9.17, 15) is 19.2 Å². The minimum absolute atomic E-state index is 0.0756. The average molecular weight is 470 g/mol. The molecule has 34 heavy (non-hydrogen) atoms. The minimum atomic E-state index is -0.723. The zero-order chi connectivity index (χ0) is 24.9. The number of aliphatic imine (C=N–C) groups is 1. The van der Waals surface area contributed by atoms with Crippen molar-refractivity contribution in [3.8, 4) is 6.07 Å². The van der Waals surface area contributed by atoms with Crippen molar-refractivity contribution >= 4 is 23.3 Å². The van der Waals surface area contributed by atoms with Gasteiger partial charge in [0, 0.05) is 31.5 Å². The van der Waals surface area contributed by atoms with Crippen molar-refractivity contribution in [3.63, 3.8) is 0 Å². The number of H-pyrrole nitrogens is 1. The third-order valence-electron chi connectivity index (χ3n) is 5.37. The Bertz CT molecular complexity index is 1170. The number of rotatable bonds is 5. The third kappa shape index (κ3) is 6.10. The van der Waals surface area contributed by atoms with Crippen LogP contribution >= 0.6 is 0 Å². The third-order valence-corrected chi connectivity index (χ3v) is 5.37. The Labute approximate surface area is 196 Å². The molecule has 3 rings (SSSR count). The molecule has 1 fully saturated rings. The zero-order valence-electron chi connectivity index (χ0n) is 19.4. The maximum Gasteiger partial charge on any atom is 0.410 e. The molecule has 0 atom stereocenters. The molecule has 2 aromatic heterocycles. The van der Waals surface area contributed by atoms with Crippen LogP contribution in [-0.4, -0.2) is 51.0 Å². The number of piperidine rings is 1. The van der Waals surface area contributed by atoms with Gasteiger partial charge in [-0.3, -0.25) is 4.79 Å². The number of aromatic nitrogens is 2. The van der Waals surface area contributed by atoms with Gasteiger partial charge < -0.3 is 25.7 Å². The maximum absolute atomic E-state index is 13.4. The smallest absolute Gasteiger partial charge is 0.410 e. The molecule has 1 aliphatic rings. The molecular weight excluding hydrogens is 441 g/mol. The molecule has 0 aliphatic carbocycles. The Kier molecular flexibility index (Phi) is 7.20. The predicted octanol–water partition coefficient (Wildman–Crippen LogP) is 3.04. The number of ether oxygens (including phenoxy) is 1. The molecular formula is C23H28FN7O3. The molecule has 2 aromatic rings. The first-order chi connectivity index (χ1) is 16.0. The van der Waals surface area contributed by atoms with Crippen molar-refractivity contribution in [3.05, 3.63) is 52.5 Å². The van der Waals surface area contributed by atoms with Gasteiger partial charge in [0.1, 0.15) is 17.0 Å². The Morgan fingerprint density at radius 2 is 2.12 bits per heavy atom. The van der Waals surface area contributed by atoms with Gasteiger partial charge in [0.2, 0.25) is 5.95 Å². The van der Waals surface area contributed by atoms with Crippen LogP contribution in [0.1, 0.15) is 45.6 Å². The van der Waals surface area contributed by atoms with Gasteiger partial charge in [0.25, 0.3) is 5.56 Å². The van der Waals surface area contributed by atoms with Crippen LogP contribution in [0.3, 0.4) is 0 Å². The van der Waals surface area contributed by atoms with Gasteiger partial charge in [0.05, 0.1) is 29.4 Å². The molecule has 11 heteroatoms. The molecule has 10 nitrogen and oxygen atoms in total. The van der Waals surface area contributed by atoms with E-state index in [1.165, 1.54) is 18.5 Å². The second-order valence-corrected chi connectivity index (χ2v) is 9.14. The van der Waals surface area contributed by atoms with E-state index in [0.717, 1.165) is 6.07 Å². The molecule has 0 aromatic carbocycles. The zero-order valence-corrected chi connectivity index (χ0v) is 19.4. The summed E-state index contributed by atoms with van der Waals surface area (Å²) in [6.07, 6.45) is 3.36. The fourth-order valence-electron chi connectivity index (χ4n) is 3.72. The lowest BCUT2D eigenvalue weighted by molar-refractivity contribution is 0.0179. The van der Waals surface area contributed by atoms with Crippen molar-refractivity contribution in [1.82, 2.24) is 14.9 Å². The minimum Gasteiger partial charge on any atom is -0.444 e. The second-order valence-electron chi connectivity index (χ2n) is 9.14. The molecule has 180 valence electrons. The Hall–Kier alpha value is -3.94. The molecule has 0 spiro atoms. The quantitative estimate of drug-likeness (QED) is 0.346.